The predicted molar refractivity (Wildman–Crippen MR) is 66.2 cm³/mol. The van der Waals surface area contributed by atoms with Gasteiger partial charge in [0.1, 0.15) is 17.1 Å². The first-order valence-corrected chi connectivity index (χ1v) is 5.17. The maximum atomic E-state index is 11.5. The number of Topliss-reactive ketones (excluding diaryl/α,β-unsaturated/α-hetero) is 1. The average Bonchev–Trinajstić information content (AvgIpc) is 2.34. The van der Waals surface area contributed by atoms with Crippen LogP contribution in [0.4, 0.5) is 0 Å². The Morgan fingerprint density at radius 2 is 1.67 bits per heavy atom. The fraction of sp³-hybridized carbons (Fsp3) is 0.231. The van der Waals surface area contributed by atoms with Gasteiger partial charge in [-0.15, -0.1) is 0 Å². The number of rotatable bonds is 5. The lowest BCUT2D eigenvalue weighted by Crippen LogP contribution is -2.02. The van der Waals surface area contributed by atoms with Crippen LogP contribution < -0.4 is 9.47 Å². The van der Waals surface area contributed by atoms with Gasteiger partial charge in [0, 0.05) is 6.08 Å². The zero-order valence-electron chi connectivity index (χ0n) is 10.4. The van der Waals surface area contributed by atoms with Crippen molar-refractivity contribution in [2.45, 2.75) is 6.92 Å². The second-order valence-electron chi connectivity index (χ2n) is 3.53. The van der Waals surface area contributed by atoms with E-state index in [2.05, 4.69) is 0 Å². The van der Waals surface area contributed by atoms with Crippen LogP contribution in [0.3, 0.4) is 0 Å². The molecule has 0 aliphatic heterocycles. The van der Waals surface area contributed by atoms with Gasteiger partial charge < -0.3 is 14.6 Å². The highest BCUT2D eigenvalue weighted by Gasteiger charge is 2.15. The zero-order chi connectivity index (χ0) is 13.7. The predicted octanol–water partition coefficient (Wildman–Crippen LogP) is 2.00. The number of aliphatic carboxylic acids is 1. The molecule has 0 spiro atoms. The van der Waals surface area contributed by atoms with Crippen LogP contribution in [0.1, 0.15) is 22.8 Å². The van der Waals surface area contributed by atoms with E-state index in [0.29, 0.717) is 22.6 Å². The van der Waals surface area contributed by atoms with E-state index in [0.717, 1.165) is 6.08 Å². The molecule has 1 aromatic rings. The van der Waals surface area contributed by atoms with Crippen LogP contribution in [0.2, 0.25) is 0 Å². The van der Waals surface area contributed by atoms with Crippen LogP contribution in [0.15, 0.2) is 18.2 Å². The molecule has 1 rings (SSSR count). The molecule has 18 heavy (non-hydrogen) atoms. The molecule has 0 aliphatic carbocycles. The fourth-order valence-corrected chi connectivity index (χ4v) is 1.54. The number of carboxylic acids is 1. The number of carbonyl (C=O) groups excluding carboxylic acids is 1. The number of carboxylic acid groups (broad SMARTS) is 1. The zero-order valence-corrected chi connectivity index (χ0v) is 10.4. The van der Waals surface area contributed by atoms with Crippen molar-refractivity contribution >= 4 is 17.8 Å². The minimum Gasteiger partial charge on any atom is -0.496 e. The summed E-state index contributed by atoms with van der Waals surface area (Å²) in [4.78, 5) is 22.0. The van der Waals surface area contributed by atoms with Crippen LogP contribution in [-0.4, -0.2) is 31.1 Å². The summed E-state index contributed by atoms with van der Waals surface area (Å²) in [7, 11) is 2.87. The van der Waals surface area contributed by atoms with E-state index in [-0.39, 0.29) is 5.78 Å². The standard InChI is InChI=1S/C13H14O5/c1-8(14)13-10(17-2)6-9(4-5-12(15)16)7-11(13)18-3/h4-7H,1-3H3,(H,15,16). The van der Waals surface area contributed by atoms with Crippen molar-refractivity contribution in [3.63, 3.8) is 0 Å². The first kappa shape index (κ1) is 13.8. The van der Waals surface area contributed by atoms with Crippen molar-refractivity contribution in [1.82, 2.24) is 0 Å². The topological polar surface area (TPSA) is 72.8 Å². The van der Waals surface area contributed by atoms with E-state index in [4.69, 9.17) is 14.6 Å². The molecule has 0 bridgehead atoms. The molecular weight excluding hydrogens is 236 g/mol. The number of ketones is 1. The van der Waals surface area contributed by atoms with Crippen LogP contribution in [0, 0.1) is 0 Å². The number of ether oxygens (including phenoxy) is 2. The summed E-state index contributed by atoms with van der Waals surface area (Å²) in [6.45, 7) is 1.41. The first-order chi connectivity index (χ1) is 8.49. The lowest BCUT2D eigenvalue weighted by atomic mass is 10.1. The molecular formula is C13H14O5. The molecule has 0 unspecified atom stereocenters. The highest BCUT2D eigenvalue weighted by atomic mass is 16.5. The maximum absolute atomic E-state index is 11.5. The highest BCUT2D eigenvalue weighted by molar-refractivity contribution is 6.00. The van der Waals surface area contributed by atoms with Crippen LogP contribution in [-0.2, 0) is 4.79 Å². The molecule has 0 radical (unpaired) electrons. The van der Waals surface area contributed by atoms with Crippen LogP contribution in [0.5, 0.6) is 11.5 Å². The van der Waals surface area contributed by atoms with Gasteiger partial charge in [-0.05, 0) is 30.7 Å². The molecule has 0 saturated carbocycles. The molecule has 1 N–H and O–H groups in total. The molecule has 96 valence electrons. The van der Waals surface area contributed by atoms with Crippen LogP contribution >= 0.6 is 0 Å². The lowest BCUT2D eigenvalue weighted by Gasteiger charge is -2.12. The van der Waals surface area contributed by atoms with E-state index < -0.39 is 5.97 Å². The van der Waals surface area contributed by atoms with Crippen LogP contribution in [0.25, 0.3) is 6.08 Å². The summed E-state index contributed by atoms with van der Waals surface area (Å²) in [5, 5.41) is 8.57. The largest absolute Gasteiger partial charge is 0.496 e. The second-order valence-corrected chi connectivity index (χ2v) is 3.53. The Kier molecular flexibility index (Phi) is 4.48. The summed E-state index contributed by atoms with van der Waals surface area (Å²) in [6, 6.07) is 3.16. The number of hydrogen-bond donors (Lipinski definition) is 1. The lowest BCUT2D eigenvalue weighted by molar-refractivity contribution is -0.131. The summed E-state index contributed by atoms with van der Waals surface area (Å²) in [5.41, 5.74) is 0.920. The summed E-state index contributed by atoms with van der Waals surface area (Å²) in [6.07, 6.45) is 2.40. The quantitative estimate of drug-likeness (QED) is 0.639. The Hall–Kier alpha value is -2.30. The minimum absolute atomic E-state index is 0.183. The van der Waals surface area contributed by atoms with Gasteiger partial charge in [0.25, 0.3) is 0 Å². The second kappa shape index (κ2) is 5.86. The van der Waals surface area contributed by atoms with Gasteiger partial charge in [-0.25, -0.2) is 4.79 Å². The molecule has 0 aromatic heterocycles. The van der Waals surface area contributed by atoms with Crippen molar-refractivity contribution in [2.24, 2.45) is 0 Å². The van der Waals surface area contributed by atoms with Crippen molar-refractivity contribution in [3.8, 4) is 11.5 Å². The van der Waals surface area contributed by atoms with Crippen molar-refractivity contribution < 1.29 is 24.2 Å². The van der Waals surface area contributed by atoms with E-state index in [1.807, 2.05) is 0 Å². The van der Waals surface area contributed by atoms with E-state index in [1.165, 1.54) is 27.2 Å². The van der Waals surface area contributed by atoms with E-state index in [1.54, 1.807) is 12.1 Å². The normalized spacial score (nSPS) is 10.4. The number of carbonyl (C=O) groups is 2. The van der Waals surface area contributed by atoms with E-state index >= 15 is 0 Å². The number of benzene rings is 1. The number of hydrogen-bond acceptors (Lipinski definition) is 4. The number of methoxy groups -OCH3 is 2. The molecule has 5 heteroatoms. The fourth-order valence-electron chi connectivity index (χ4n) is 1.54. The van der Waals surface area contributed by atoms with E-state index in [9.17, 15) is 9.59 Å². The third-order valence-corrected chi connectivity index (χ3v) is 2.30. The third kappa shape index (κ3) is 3.10. The molecule has 0 heterocycles. The first-order valence-electron chi connectivity index (χ1n) is 5.17. The molecule has 0 fully saturated rings. The smallest absolute Gasteiger partial charge is 0.328 e. The Bertz CT molecular complexity index is 477. The molecule has 0 saturated heterocycles. The van der Waals surface area contributed by atoms with Gasteiger partial charge in [-0.2, -0.15) is 0 Å². The summed E-state index contributed by atoms with van der Waals surface area (Å²) in [5.74, 6) is -0.528. The maximum Gasteiger partial charge on any atom is 0.328 e. The molecule has 0 aliphatic rings. The van der Waals surface area contributed by atoms with Gasteiger partial charge in [0.15, 0.2) is 5.78 Å². The van der Waals surface area contributed by atoms with Gasteiger partial charge in [-0.1, -0.05) is 0 Å². The Balaban J connectivity index is 3.34. The average molecular weight is 250 g/mol. The molecule has 1 aromatic carbocycles. The highest BCUT2D eigenvalue weighted by Crippen LogP contribution is 2.31. The van der Waals surface area contributed by atoms with Crippen molar-refractivity contribution in [1.29, 1.82) is 0 Å². The third-order valence-electron chi connectivity index (χ3n) is 2.30. The summed E-state index contributed by atoms with van der Waals surface area (Å²) < 4.78 is 10.2. The van der Waals surface area contributed by atoms with Gasteiger partial charge in [-0.3, -0.25) is 4.79 Å². The Labute approximate surface area is 105 Å². The van der Waals surface area contributed by atoms with Gasteiger partial charge >= 0.3 is 5.97 Å². The van der Waals surface area contributed by atoms with Gasteiger partial charge in [0.05, 0.1) is 14.2 Å². The SMILES string of the molecule is COc1cc(C=CC(=O)O)cc(OC)c1C(C)=O. The molecule has 0 atom stereocenters. The monoisotopic (exact) mass is 250 g/mol. The van der Waals surface area contributed by atoms with Gasteiger partial charge in [0.2, 0.25) is 0 Å². The minimum atomic E-state index is -1.05. The Morgan fingerprint density at radius 1 is 1.17 bits per heavy atom. The van der Waals surface area contributed by atoms with Crippen molar-refractivity contribution in [3.05, 3.63) is 29.3 Å². The molecule has 5 nitrogen and oxygen atoms in total. The molecule has 0 amide bonds. The Morgan fingerprint density at radius 3 is 2.00 bits per heavy atom. The summed E-state index contributed by atoms with van der Waals surface area (Å²) >= 11 is 0. The van der Waals surface area contributed by atoms with Crippen molar-refractivity contribution in [2.75, 3.05) is 14.2 Å².